The molecule has 1 unspecified atom stereocenters. The van der Waals surface area contributed by atoms with Crippen molar-refractivity contribution < 1.29 is 0 Å². The van der Waals surface area contributed by atoms with Crippen LogP contribution in [0.2, 0.25) is 0 Å². The summed E-state index contributed by atoms with van der Waals surface area (Å²) in [5.41, 5.74) is 7.36. The van der Waals surface area contributed by atoms with Crippen LogP contribution in [0.5, 0.6) is 0 Å². The first-order valence-corrected chi connectivity index (χ1v) is 12.8. The zero-order valence-corrected chi connectivity index (χ0v) is 20.2. The van der Waals surface area contributed by atoms with Crippen molar-refractivity contribution in [2.45, 2.75) is 6.17 Å². The molecular formula is C35H24N2. The van der Waals surface area contributed by atoms with E-state index in [4.69, 9.17) is 0 Å². The van der Waals surface area contributed by atoms with Crippen LogP contribution < -0.4 is 10.2 Å². The maximum absolute atomic E-state index is 3.59. The molecule has 0 bridgehead atoms. The summed E-state index contributed by atoms with van der Waals surface area (Å²) in [7, 11) is 0. The van der Waals surface area contributed by atoms with E-state index >= 15 is 0 Å². The van der Waals surface area contributed by atoms with Crippen molar-refractivity contribution in [3.05, 3.63) is 134 Å². The van der Waals surface area contributed by atoms with Gasteiger partial charge in [-0.15, -0.1) is 0 Å². The van der Waals surface area contributed by atoms with Crippen LogP contribution >= 0.6 is 0 Å². The first-order chi connectivity index (χ1) is 18.3. The highest BCUT2D eigenvalue weighted by Gasteiger charge is 2.26. The molecule has 0 aliphatic carbocycles. The molecule has 6 aromatic rings. The average molecular weight is 473 g/mol. The van der Waals surface area contributed by atoms with Gasteiger partial charge in [0.2, 0.25) is 0 Å². The number of rotatable bonds is 2. The highest BCUT2D eigenvalue weighted by molar-refractivity contribution is 6.26. The molecule has 0 radical (unpaired) electrons. The van der Waals surface area contributed by atoms with Crippen molar-refractivity contribution in [1.82, 2.24) is 0 Å². The minimum absolute atomic E-state index is 0.197. The molecule has 37 heavy (non-hydrogen) atoms. The number of hydrogen-bond donors (Lipinski definition) is 1. The fourth-order valence-electron chi connectivity index (χ4n) is 6.00. The number of nitrogens with zero attached hydrogens (tertiary/aromatic N) is 1. The summed E-state index contributed by atoms with van der Waals surface area (Å²) in [6, 6.07) is 40.1. The molecule has 0 fully saturated rings. The monoisotopic (exact) mass is 472 g/mol. The van der Waals surface area contributed by atoms with Gasteiger partial charge in [0.05, 0.1) is 11.4 Å². The minimum atomic E-state index is 0.197. The second-order valence-electron chi connectivity index (χ2n) is 9.89. The second-order valence-corrected chi connectivity index (χ2v) is 9.89. The fourth-order valence-corrected chi connectivity index (χ4v) is 6.00. The third-order valence-corrected chi connectivity index (χ3v) is 7.81. The Morgan fingerprint density at radius 3 is 1.81 bits per heavy atom. The molecule has 2 nitrogen and oxygen atoms in total. The van der Waals surface area contributed by atoms with Gasteiger partial charge in [-0.1, -0.05) is 91.0 Å². The summed E-state index contributed by atoms with van der Waals surface area (Å²) in [4.78, 5) is 2.30. The predicted octanol–water partition coefficient (Wildman–Crippen LogP) is 9.12. The molecule has 1 atom stereocenters. The maximum Gasteiger partial charge on any atom is 0.123 e. The fraction of sp³-hybridized carbons (Fsp3) is 0.0286. The molecule has 2 aliphatic rings. The van der Waals surface area contributed by atoms with Gasteiger partial charge in [-0.3, -0.25) is 0 Å². The van der Waals surface area contributed by atoms with Crippen molar-refractivity contribution >= 4 is 43.7 Å². The Morgan fingerprint density at radius 2 is 1.08 bits per heavy atom. The lowest BCUT2D eigenvalue weighted by Gasteiger charge is -2.22. The van der Waals surface area contributed by atoms with Crippen molar-refractivity contribution in [3.63, 3.8) is 0 Å². The van der Waals surface area contributed by atoms with Crippen molar-refractivity contribution in [1.29, 1.82) is 0 Å². The van der Waals surface area contributed by atoms with Crippen LogP contribution in [-0.4, -0.2) is 6.17 Å². The Labute approximate surface area is 215 Å². The van der Waals surface area contributed by atoms with E-state index in [1.165, 1.54) is 65.9 Å². The number of nitrogens with one attached hydrogen (secondary N) is 1. The zero-order valence-electron chi connectivity index (χ0n) is 20.2. The van der Waals surface area contributed by atoms with E-state index in [9.17, 15) is 0 Å². The molecule has 0 saturated carbocycles. The van der Waals surface area contributed by atoms with Gasteiger partial charge in [0.15, 0.2) is 0 Å². The predicted molar refractivity (Wildman–Crippen MR) is 158 cm³/mol. The second kappa shape index (κ2) is 7.84. The summed E-state index contributed by atoms with van der Waals surface area (Å²) in [5.74, 6) is 0. The lowest BCUT2D eigenvalue weighted by atomic mass is 9.90. The Morgan fingerprint density at radius 1 is 0.486 bits per heavy atom. The van der Waals surface area contributed by atoms with E-state index in [1.807, 2.05) is 0 Å². The van der Waals surface area contributed by atoms with E-state index in [0.29, 0.717) is 0 Å². The summed E-state index contributed by atoms with van der Waals surface area (Å²) in [6.07, 6.45) is 8.73. The molecule has 6 aromatic carbocycles. The van der Waals surface area contributed by atoms with Crippen molar-refractivity contribution in [3.8, 4) is 22.3 Å². The van der Waals surface area contributed by atoms with Crippen LogP contribution in [0.4, 0.5) is 11.4 Å². The summed E-state index contributed by atoms with van der Waals surface area (Å²) >= 11 is 0. The van der Waals surface area contributed by atoms with E-state index < -0.39 is 0 Å². The molecule has 2 aliphatic heterocycles. The van der Waals surface area contributed by atoms with Crippen LogP contribution in [0.3, 0.4) is 0 Å². The lowest BCUT2D eigenvalue weighted by molar-refractivity contribution is 0.908. The Hall–Kier alpha value is -4.82. The first-order valence-electron chi connectivity index (χ1n) is 12.8. The molecule has 2 heterocycles. The van der Waals surface area contributed by atoms with Crippen LogP contribution in [0, 0.1) is 0 Å². The SMILES string of the molecule is C1=CC2Nc3ccc(-c4ccc5c6ccc(-c7ccccc7)cc6c6ccccc6c5c4)cc3N2C=C1. The molecule has 0 spiro atoms. The standard InChI is InChI=1S/C35H24N2/c1-2-8-23(9-3-1)24-13-16-29-30-17-14-25(21-32(30)28-11-5-4-10-27(28)31(29)20-24)26-15-18-33-34(22-26)37-19-7-6-12-35(37)36-33/h1-22,35-36H. The largest absolute Gasteiger partial charge is 0.360 e. The van der Waals surface area contributed by atoms with E-state index in [0.717, 1.165) is 0 Å². The van der Waals surface area contributed by atoms with E-state index in [2.05, 4.69) is 144 Å². The molecule has 174 valence electrons. The Kier molecular flexibility index (Phi) is 4.32. The summed E-state index contributed by atoms with van der Waals surface area (Å²) in [5, 5.41) is 11.4. The van der Waals surface area contributed by atoms with Gasteiger partial charge in [0, 0.05) is 6.20 Å². The van der Waals surface area contributed by atoms with E-state index in [1.54, 1.807) is 0 Å². The van der Waals surface area contributed by atoms with E-state index in [-0.39, 0.29) is 6.17 Å². The van der Waals surface area contributed by atoms with Gasteiger partial charge in [-0.05, 0) is 91.0 Å². The molecule has 1 N–H and O–H groups in total. The van der Waals surface area contributed by atoms with Crippen molar-refractivity contribution in [2.24, 2.45) is 0 Å². The Balaban J connectivity index is 1.33. The quantitative estimate of drug-likeness (QED) is 0.253. The molecule has 0 saturated heterocycles. The maximum atomic E-state index is 3.59. The van der Waals surface area contributed by atoms with Crippen molar-refractivity contribution in [2.75, 3.05) is 10.2 Å². The van der Waals surface area contributed by atoms with Gasteiger partial charge in [0.1, 0.15) is 6.17 Å². The Bertz CT molecular complexity index is 1890. The topological polar surface area (TPSA) is 15.3 Å². The number of hydrogen-bond acceptors (Lipinski definition) is 2. The molecular weight excluding hydrogens is 448 g/mol. The molecule has 2 heteroatoms. The van der Waals surface area contributed by atoms with Gasteiger partial charge >= 0.3 is 0 Å². The number of benzene rings is 6. The number of allylic oxidation sites excluding steroid dienone is 2. The third kappa shape index (κ3) is 3.12. The zero-order chi connectivity index (χ0) is 24.3. The molecule has 0 amide bonds. The summed E-state index contributed by atoms with van der Waals surface area (Å²) in [6.45, 7) is 0. The van der Waals surface area contributed by atoms with Crippen LogP contribution in [0.25, 0.3) is 54.6 Å². The normalized spacial score (nSPS) is 15.8. The van der Waals surface area contributed by atoms with Crippen LogP contribution in [-0.2, 0) is 0 Å². The highest BCUT2D eigenvalue weighted by atomic mass is 15.3. The van der Waals surface area contributed by atoms with Gasteiger partial charge in [-0.25, -0.2) is 0 Å². The van der Waals surface area contributed by atoms with Crippen LogP contribution in [0.1, 0.15) is 0 Å². The minimum Gasteiger partial charge on any atom is -0.360 e. The van der Waals surface area contributed by atoms with Gasteiger partial charge < -0.3 is 10.2 Å². The number of anilines is 2. The smallest absolute Gasteiger partial charge is 0.123 e. The molecule has 8 rings (SSSR count). The molecule has 0 aromatic heterocycles. The summed E-state index contributed by atoms with van der Waals surface area (Å²) < 4.78 is 0. The van der Waals surface area contributed by atoms with Gasteiger partial charge in [-0.2, -0.15) is 0 Å². The van der Waals surface area contributed by atoms with Crippen LogP contribution in [0.15, 0.2) is 134 Å². The third-order valence-electron chi connectivity index (χ3n) is 7.81. The average Bonchev–Trinajstić information content (AvgIpc) is 3.35. The highest BCUT2D eigenvalue weighted by Crippen LogP contribution is 2.42. The first kappa shape index (κ1) is 20.4. The number of fused-ring (bicyclic) bond motifs is 9. The lowest BCUT2D eigenvalue weighted by Crippen LogP contribution is -2.30. The van der Waals surface area contributed by atoms with Gasteiger partial charge in [0.25, 0.3) is 0 Å².